The number of hydrogen-bond donors (Lipinski definition) is 2. The molecule has 0 saturated heterocycles. The lowest BCUT2D eigenvalue weighted by Gasteiger charge is -2.20. The van der Waals surface area contributed by atoms with Crippen LogP contribution in [0, 0.1) is 4.77 Å². The number of halogens is 1. The highest BCUT2D eigenvalue weighted by molar-refractivity contribution is 9.10. The maximum Gasteiger partial charge on any atom is 0.243 e. The highest BCUT2D eigenvalue weighted by Crippen LogP contribution is 2.27. The Bertz CT molecular complexity index is 932. The Kier molecular flexibility index (Phi) is 5.51. The first-order chi connectivity index (χ1) is 12.0. The molecule has 0 saturated carbocycles. The summed E-state index contributed by atoms with van der Waals surface area (Å²) >= 11 is 10.4. The van der Waals surface area contributed by atoms with Crippen LogP contribution < -0.4 is 5.32 Å². The first-order valence-electron chi connectivity index (χ1n) is 7.74. The van der Waals surface area contributed by atoms with Crippen molar-refractivity contribution < 1.29 is 4.79 Å². The van der Waals surface area contributed by atoms with Crippen molar-refractivity contribution in [3.63, 3.8) is 0 Å². The molecule has 1 amide bonds. The molecular formula is C17H17BrN4OS2. The molecule has 0 radical (unpaired) electrons. The molecule has 0 bridgehead atoms. The molecule has 5 nitrogen and oxygen atoms in total. The predicted octanol–water partition coefficient (Wildman–Crippen LogP) is 4.87. The Morgan fingerprint density at radius 2 is 2.08 bits per heavy atom. The monoisotopic (exact) mass is 436 g/mol. The van der Waals surface area contributed by atoms with Gasteiger partial charge in [0.1, 0.15) is 6.04 Å². The average Bonchev–Trinajstić information content (AvgIpc) is 3.23. The van der Waals surface area contributed by atoms with Gasteiger partial charge in [-0.05, 0) is 49.1 Å². The van der Waals surface area contributed by atoms with Crippen molar-refractivity contribution in [2.75, 3.05) is 0 Å². The topological polar surface area (TPSA) is 62.7 Å². The molecule has 0 aliphatic carbocycles. The van der Waals surface area contributed by atoms with E-state index in [0.29, 0.717) is 10.6 Å². The Hall–Kier alpha value is -1.77. The van der Waals surface area contributed by atoms with Crippen molar-refractivity contribution in [2.45, 2.75) is 25.9 Å². The van der Waals surface area contributed by atoms with E-state index in [1.807, 2.05) is 55.6 Å². The van der Waals surface area contributed by atoms with E-state index in [2.05, 4.69) is 31.4 Å². The number of rotatable bonds is 5. The Morgan fingerprint density at radius 1 is 1.32 bits per heavy atom. The molecule has 2 N–H and O–H groups in total. The quantitative estimate of drug-likeness (QED) is 0.560. The Labute approximate surface area is 163 Å². The number of carbonyl (C=O) groups excluding carboxylic acids is 1. The van der Waals surface area contributed by atoms with E-state index >= 15 is 0 Å². The standard InChI is InChI=1S/C17H17BrN4OS2/c1-10(12-6-3-4-7-13(12)18)19-16(23)11(2)22-15(20-21-17(22)24)14-8-5-9-25-14/h3-11H,1-2H3,(H,19,23)(H,21,24)/t10-,11+/m0/s1. The number of nitrogens with one attached hydrogen (secondary N) is 2. The third-order valence-electron chi connectivity index (χ3n) is 3.94. The molecular weight excluding hydrogens is 420 g/mol. The van der Waals surface area contributed by atoms with Crippen LogP contribution in [0.25, 0.3) is 10.7 Å². The zero-order valence-corrected chi connectivity index (χ0v) is 16.9. The van der Waals surface area contributed by atoms with Crippen LogP contribution >= 0.6 is 39.5 Å². The zero-order chi connectivity index (χ0) is 18.0. The molecule has 3 aromatic rings. The van der Waals surface area contributed by atoms with Gasteiger partial charge in [0.2, 0.25) is 5.91 Å². The van der Waals surface area contributed by atoms with Gasteiger partial charge in [-0.1, -0.05) is 40.2 Å². The van der Waals surface area contributed by atoms with E-state index < -0.39 is 6.04 Å². The molecule has 0 spiro atoms. The summed E-state index contributed by atoms with van der Waals surface area (Å²) in [6.45, 7) is 3.78. The first-order valence-corrected chi connectivity index (χ1v) is 9.82. The smallest absolute Gasteiger partial charge is 0.243 e. The Morgan fingerprint density at radius 3 is 2.76 bits per heavy atom. The molecule has 0 fully saturated rings. The van der Waals surface area contributed by atoms with Gasteiger partial charge in [0, 0.05) is 4.47 Å². The number of aromatic amines is 1. The fourth-order valence-electron chi connectivity index (χ4n) is 2.60. The second-order valence-corrected chi connectivity index (χ2v) is 7.82. The van der Waals surface area contributed by atoms with Crippen LogP contribution in [-0.4, -0.2) is 20.7 Å². The van der Waals surface area contributed by atoms with Crippen LogP contribution in [0.3, 0.4) is 0 Å². The van der Waals surface area contributed by atoms with E-state index in [-0.39, 0.29) is 11.9 Å². The normalized spacial score (nSPS) is 13.4. The minimum absolute atomic E-state index is 0.112. The van der Waals surface area contributed by atoms with E-state index in [1.165, 1.54) is 0 Å². The van der Waals surface area contributed by atoms with Gasteiger partial charge in [-0.15, -0.1) is 11.3 Å². The van der Waals surface area contributed by atoms with E-state index in [4.69, 9.17) is 12.2 Å². The largest absolute Gasteiger partial charge is 0.348 e. The van der Waals surface area contributed by atoms with E-state index in [0.717, 1.165) is 14.9 Å². The van der Waals surface area contributed by atoms with Crippen LogP contribution in [0.5, 0.6) is 0 Å². The SMILES string of the molecule is C[C@H](NC(=O)[C@@H](C)n1c(-c2cccs2)n[nH]c1=S)c1ccccc1Br. The summed E-state index contributed by atoms with van der Waals surface area (Å²) in [4.78, 5) is 13.7. The summed E-state index contributed by atoms with van der Waals surface area (Å²) in [5.41, 5.74) is 1.03. The number of nitrogens with zero attached hydrogens (tertiary/aromatic N) is 2. The van der Waals surface area contributed by atoms with Crippen molar-refractivity contribution in [1.29, 1.82) is 0 Å². The van der Waals surface area contributed by atoms with Crippen molar-refractivity contribution in [3.8, 4) is 10.7 Å². The van der Waals surface area contributed by atoms with Crippen molar-refractivity contribution in [2.24, 2.45) is 0 Å². The van der Waals surface area contributed by atoms with Crippen LogP contribution in [0.15, 0.2) is 46.3 Å². The number of benzene rings is 1. The van der Waals surface area contributed by atoms with E-state index in [9.17, 15) is 4.79 Å². The molecule has 2 atom stereocenters. The van der Waals surface area contributed by atoms with Gasteiger partial charge in [0.05, 0.1) is 10.9 Å². The summed E-state index contributed by atoms with van der Waals surface area (Å²) in [6, 6.07) is 11.1. The number of thiophene rings is 1. The number of hydrogen-bond acceptors (Lipinski definition) is 4. The van der Waals surface area contributed by atoms with Gasteiger partial charge in [-0.25, -0.2) is 0 Å². The molecule has 0 unspecified atom stereocenters. The van der Waals surface area contributed by atoms with Gasteiger partial charge in [-0.3, -0.25) is 14.5 Å². The fourth-order valence-corrected chi connectivity index (χ4v) is 4.23. The molecule has 2 aromatic heterocycles. The average molecular weight is 437 g/mol. The van der Waals surface area contributed by atoms with Crippen molar-refractivity contribution in [3.05, 3.63) is 56.6 Å². The number of H-pyrrole nitrogens is 1. The predicted molar refractivity (Wildman–Crippen MR) is 106 cm³/mol. The molecule has 8 heteroatoms. The van der Waals surface area contributed by atoms with Gasteiger partial charge >= 0.3 is 0 Å². The molecule has 0 aliphatic rings. The number of aromatic nitrogens is 3. The highest BCUT2D eigenvalue weighted by atomic mass is 79.9. The second kappa shape index (κ2) is 7.63. The first kappa shape index (κ1) is 18.0. The summed E-state index contributed by atoms with van der Waals surface area (Å²) in [6.07, 6.45) is 0. The minimum Gasteiger partial charge on any atom is -0.348 e. The molecule has 25 heavy (non-hydrogen) atoms. The van der Waals surface area contributed by atoms with Gasteiger partial charge in [0.15, 0.2) is 10.6 Å². The molecule has 130 valence electrons. The van der Waals surface area contributed by atoms with E-state index in [1.54, 1.807) is 15.9 Å². The lowest BCUT2D eigenvalue weighted by molar-refractivity contribution is -0.124. The van der Waals surface area contributed by atoms with Crippen LogP contribution in [0.4, 0.5) is 0 Å². The highest BCUT2D eigenvalue weighted by Gasteiger charge is 2.23. The fraction of sp³-hybridized carbons (Fsp3) is 0.235. The van der Waals surface area contributed by atoms with Crippen molar-refractivity contribution in [1.82, 2.24) is 20.1 Å². The van der Waals surface area contributed by atoms with Crippen LogP contribution in [0.2, 0.25) is 0 Å². The lowest BCUT2D eigenvalue weighted by Crippen LogP contribution is -2.33. The molecule has 3 rings (SSSR count). The van der Waals surface area contributed by atoms with Gasteiger partial charge in [-0.2, -0.15) is 5.10 Å². The van der Waals surface area contributed by atoms with Crippen LogP contribution in [0.1, 0.15) is 31.5 Å². The third kappa shape index (κ3) is 3.75. The third-order valence-corrected chi connectivity index (χ3v) is 5.82. The summed E-state index contributed by atoms with van der Waals surface area (Å²) in [5, 5.41) is 12.1. The second-order valence-electron chi connectivity index (χ2n) is 5.63. The summed E-state index contributed by atoms with van der Waals surface area (Å²) < 4.78 is 3.15. The van der Waals surface area contributed by atoms with Gasteiger partial charge in [0.25, 0.3) is 0 Å². The lowest BCUT2D eigenvalue weighted by atomic mass is 10.1. The number of carbonyl (C=O) groups is 1. The summed E-state index contributed by atoms with van der Waals surface area (Å²) in [5.74, 6) is 0.565. The molecule has 0 aliphatic heterocycles. The van der Waals surface area contributed by atoms with Crippen molar-refractivity contribution >= 4 is 45.4 Å². The molecule has 1 aromatic carbocycles. The number of amides is 1. The Balaban J connectivity index is 1.83. The van der Waals surface area contributed by atoms with Gasteiger partial charge < -0.3 is 5.32 Å². The maximum atomic E-state index is 12.8. The minimum atomic E-state index is -0.478. The van der Waals surface area contributed by atoms with Crippen LogP contribution in [-0.2, 0) is 4.79 Å². The maximum absolute atomic E-state index is 12.8. The molecule has 2 heterocycles. The zero-order valence-electron chi connectivity index (χ0n) is 13.7. The summed E-state index contributed by atoms with van der Waals surface area (Å²) in [7, 11) is 0.